The Kier molecular flexibility index (Phi) is 6.82. The molecule has 1 aromatic heterocycles. The molecular formula is C25H20N4OS. The van der Waals surface area contributed by atoms with Crippen LogP contribution in [-0.2, 0) is 4.79 Å². The van der Waals surface area contributed by atoms with Crippen molar-refractivity contribution >= 4 is 46.9 Å². The van der Waals surface area contributed by atoms with E-state index in [0.29, 0.717) is 5.82 Å². The van der Waals surface area contributed by atoms with Crippen molar-refractivity contribution < 1.29 is 4.79 Å². The molecule has 31 heavy (non-hydrogen) atoms. The third-order valence-corrected chi connectivity index (χ3v) is 5.34. The number of hydrazone groups is 1. The van der Waals surface area contributed by atoms with Crippen LogP contribution in [0, 0.1) is 0 Å². The van der Waals surface area contributed by atoms with E-state index in [2.05, 4.69) is 20.5 Å². The van der Waals surface area contributed by atoms with Crippen molar-refractivity contribution in [2.24, 2.45) is 5.10 Å². The zero-order chi connectivity index (χ0) is 21.3. The number of aromatic nitrogens is 2. The minimum absolute atomic E-state index is 0.193. The maximum absolute atomic E-state index is 12.2. The summed E-state index contributed by atoms with van der Waals surface area (Å²) in [5, 5.41) is 5.70. The predicted octanol–water partition coefficient (Wildman–Crippen LogP) is 5.04. The molecule has 0 radical (unpaired) electrons. The normalized spacial score (nSPS) is 11.4. The van der Waals surface area contributed by atoms with Crippen LogP contribution >= 0.6 is 11.8 Å². The van der Waals surface area contributed by atoms with E-state index in [1.807, 2.05) is 97.1 Å². The molecule has 0 aliphatic carbocycles. The summed E-state index contributed by atoms with van der Waals surface area (Å²) < 4.78 is 0. The second kappa shape index (κ2) is 10.3. The van der Waals surface area contributed by atoms with Crippen molar-refractivity contribution in [3.63, 3.8) is 0 Å². The third kappa shape index (κ3) is 5.87. The molecule has 0 aliphatic heterocycles. The van der Waals surface area contributed by atoms with Gasteiger partial charge in [0.1, 0.15) is 5.03 Å². The highest BCUT2D eigenvalue weighted by atomic mass is 32.2. The number of hydrogen-bond donors (Lipinski definition) is 1. The molecule has 1 amide bonds. The van der Waals surface area contributed by atoms with Crippen molar-refractivity contribution in [2.75, 3.05) is 5.75 Å². The Balaban J connectivity index is 1.46. The molecule has 3 aromatic carbocycles. The number of rotatable bonds is 7. The summed E-state index contributed by atoms with van der Waals surface area (Å²) in [6.45, 7) is 0. The van der Waals surface area contributed by atoms with Crippen molar-refractivity contribution in [3.8, 4) is 0 Å². The van der Waals surface area contributed by atoms with Crippen molar-refractivity contribution in [3.05, 3.63) is 102 Å². The van der Waals surface area contributed by atoms with E-state index in [-0.39, 0.29) is 11.7 Å². The summed E-state index contributed by atoms with van der Waals surface area (Å²) in [7, 11) is 0. The Morgan fingerprint density at radius 2 is 1.52 bits per heavy atom. The largest absolute Gasteiger partial charge is 0.272 e. The maximum Gasteiger partial charge on any atom is 0.250 e. The van der Waals surface area contributed by atoms with E-state index in [9.17, 15) is 4.79 Å². The smallest absolute Gasteiger partial charge is 0.250 e. The number of carbonyl (C=O) groups excluding carboxylic acids is 1. The molecule has 5 nitrogen and oxygen atoms in total. The van der Waals surface area contributed by atoms with Crippen LogP contribution in [0.1, 0.15) is 17.0 Å². The van der Waals surface area contributed by atoms with Gasteiger partial charge in [-0.2, -0.15) is 5.10 Å². The van der Waals surface area contributed by atoms with Gasteiger partial charge in [0.25, 0.3) is 0 Å². The first kappa shape index (κ1) is 20.5. The first-order valence-corrected chi connectivity index (χ1v) is 10.8. The van der Waals surface area contributed by atoms with Crippen LogP contribution in [0.3, 0.4) is 0 Å². The van der Waals surface area contributed by atoms with Gasteiger partial charge in [0, 0.05) is 5.39 Å². The van der Waals surface area contributed by atoms with Crippen molar-refractivity contribution in [2.45, 2.75) is 5.03 Å². The van der Waals surface area contributed by atoms with Gasteiger partial charge in [-0.1, -0.05) is 96.7 Å². The number of amides is 1. The van der Waals surface area contributed by atoms with E-state index in [1.54, 1.807) is 6.21 Å². The van der Waals surface area contributed by atoms with Gasteiger partial charge in [-0.25, -0.2) is 15.4 Å². The summed E-state index contributed by atoms with van der Waals surface area (Å²) in [4.78, 5) is 21.5. The average Bonchev–Trinajstić information content (AvgIpc) is 2.82. The first-order valence-electron chi connectivity index (χ1n) is 9.77. The second-order valence-electron chi connectivity index (χ2n) is 6.64. The number of nitrogens with one attached hydrogen (secondary N) is 1. The van der Waals surface area contributed by atoms with E-state index in [1.165, 1.54) is 11.8 Å². The lowest BCUT2D eigenvalue weighted by Gasteiger charge is -2.06. The van der Waals surface area contributed by atoms with E-state index >= 15 is 0 Å². The molecule has 4 rings (SSSR count). The number of para-hydroxylation sites is 1. The maximum atomic E-state index is 12.2. The van der Waals surface area contributed by atoms with Crippen LogP contribution in [0.15, 0.2) is 95.1 Å². The summed E-state index contributed by atoms with van der Waals surface area (Å²) in [6.07, 6.45) is 5.48. The summed E-state index contributed by atoms with van der Waals surface area (Å²) in [6, 6.07) is 27.4. The lowest BCUT2D eigenvalue weighted by Crippen LogP contribution is -2.19. The summed E-state index contributed by atoms with van der Waals surface area (Å²) >= 11 is 1.37. The lowest BCUT2D eigenvalue weighted by atomic mass is 10.2. The summed E-state index contributed by atoms with van der Waals surface area (Å²) in [5.74, 6) is 0.614. The van der Waals surface area contributed by atoms with Crippen LogP contribution in [0.25, 0.3) is 23.1 Å². The second-order valence-corrected chi connectivity index (χ2v) is 7.60. The average molecular weight is 425 g/mol. The SMILES string of the molecule is O=C(CSc1nc(/C=C/c2ccccc2)nc2ccccc12)N/N=C/c1ccccc1. The van der Waals surface area contributed by atoms with E-state index in [0.717, 1.165) is 27.1 Å². The Morgan fingerprint density at radius 1 is 0.839 bits per heavy atom. The zero-order valence-electron chi connectivity index (χ0n) is 16.7. The van der Waals surface area contributed by atoms with Gasteiger partial charge in [-0.15, -0.1) is 0 Å². The molecule has 0 saturated heterocycles. The molecule has 0 atom stereocenters. The summed E-state index contributed by atoms with van der Waals surface area (Å²) in [5.41, 5.74) is 5.40. The van der Waals surface area contributed by atoms with Crippen LogP contribution in [0.2, 0.25) is 0 Å². The number of benzene rings is 3. The van der Waals surface area contributed by atoms with Crippen LogP contribution < -0.4 is 5.43 Å². The number of carbonyl (C=O) groups is 1. The topological polar surface area (TPSA) is 67.2 Å². The molecule has 4 aromatic rings. The third-order valence-electron chi connectivity index (χ3n) is 4.35. The highest BCUT2D eigenvalue weighted by Gasteiger charge is 2.09. The Labute approximate surface area is 185 Å². The predicted molar refractivity (Wildman–Crippen MR) is 128 cm³/mol. The first-order chi connectivity index (χ1) is 15.3. The van der Waals surface area contributed by atoms with Gasteiger partial charge < -0.3 is 0 Å². The Bertz CT molecular complexity index is 1220. The zero-order valence-corrected chi connectivity index (χ0v) is 17.5. The molecular weight excluding hydrogens is 404 g/mol. The fourth-order valence-corrected chi connectivity index (χ4v) is 3.69. The molecule has 0 saturated carbocycles. The van der Waals surface area contributed by atoms with Crippen LogP contribution in [-0.4, -0.2) is 27.8 Å². The van der Waals surface area contributed by atoms with E-state index in [4.69, 9.17) is 0 Å². The number of fused-ring (bicyclic) bond motifs is 1. The number of thioether (sulfide) groups is 1. The minimum atomic E-state index is -0.193. The van der Waals surface area contributed by atoms with Crippen LogP contribution in [0.5, 0.6) is 0 Å². The fourth-order valence-electron chi connectivity index (χ4n) is 2.87. The highest BCUT2D eigenvalue weighted by Crippen LogP contribution is 2.25. The number of hydrogen-bond acceptors (Lipinski definition) is 5. The van der Waals surface area contributed by atoms with Crippen molar-refractivity contribution in [1.82, 2.24) is 15.4 Å². The molecule has 152 valence electrons. The van der Waals surface area contributed by atoms with Gasteiger partial charge in [-0.3, -0.25) is 4.79 Å². The molecule has 1 N–H and O–H groups in total. The van der Waals surface area contributed by atoms with Crippen LogP contribution in [0.4, 0.5) is 0 Å². The molecule has 0 bridgehead atoms. The van der Waals surface area contributed by atoms with Gasteiger partial charge in [0.2, 0.25) is 5.91 Å². The van der Waals surface area contributed by atoms with Gasteiger partial charge in [0.05, 0.1) is 17.5 Å². The molecule has 0 aliphatic rings. The molecule has 6 heteroatoms. The fraction of sp³-hybridized carbons (Fsp3) is 0.0400. The quantitative estimate of drug-likeness (QED) is 0.195. The molecule has 0 unspecified atom stereocenters. The molecule has 0 fully saturated rings. The van der Waals surface area contributed by atoms with Gasteiger partial charge in [0.15, 0.2) is 5.82 Å². The minimum Gasteiger partial charge on any atom is -0.272 e. The van der Waals surface area contributed by atoms with Gasteiger partial charge in [-0.05, 0) is 23.3 Å². The highest BCUT2D eigenvalue weighted by molar-refractivity contribution is 8.00. The lowest BCUT2D eigenvalue weighted by molar-refractivity contribution is -0.118. The Hall–Kier alpha value is -3.77. The molecule has 1 heterocycles. The Morgan fingerprint density at radius 3 is 2.29 bits per heavy atom. The van der Waals surface area contributed by atoms with Crippen molar-refractivity contribution in [1.29, 1.82) is 0 Å². The van der Waals surface area contributed by atoms with E-state index < -0.39 is 0 Å². The monoisotopic (exact) mass is 424 g/mol. The molecule has 0 spiro atoms. The standard InChI is InChI=1S/C25H20N4OS/c30-24(29-26-17-20-11-5-2-6-12-20)18-31-25-21-13-7-8-14-22(21)27-23(28-25)16-15-19-9-3-1-4-10-19/h1-17H,18H2,(H,29,30)/b16-15+,26-17+. The van der Waals surface area contributed by atoms with Gasteiger partial charge >= 0.3 is 0 Å². The number of nitrogens with zero attached hydrogens (tertiary/aromatic N) is 3.